The lowest BCUT2D eigenvalue weighted by Gasteiger charge is -2.08. The fourth-order valence-electron chi connectivity index (χ4n) is 0.271. The van der Waals surface area contributed by atoms with Crippen molar-refractivity contribution < 1.29 is 14.3 Å². The minimum Gasteiger partial charge on any atom is -0.456 e. The lowest BCUT2D eigenvalue weighted by molar-refractivity contribution is -0.147. The van der Waals surface area contributed by atoms with Gasteiger partial charge in [0.15, 0.2) is 6.61 Å². The highest BCUT2D eigenvalue weighted by Gasteiger charge is 2.04. The lowest BCUT2D eigenvalue weighted by atomic mass is 10.6. The molecule has 0 aromatic carbocycles. The molecule has 0 saturated carbocycles. The van der Waals surface area contributed by atoms with E-state index in [0.29, 0.717) is 0 Å². The Bertz CT molecular complexity index is 142. The van der Waals surface area contributed by atoms with Crippen LogP contribution in [0.1, 0.15) is 0 Å². The number of nitrogens with zero attached hydrogens (tertiary/aromatic N) is 1. The van der Waals surface area contributed by atoms with Gasteiger partial charge in [0.1, 0.15) is 0 Å². The molecule has 4 heteroatoms. The highest BCUT2D eigenvalue weighted by molar-refractivity contribution is 5.81. The minimum atomic E-state index is -0.685. The van der Waals surface area contributed by atoms with E-state index in [-0.39, 0.29) is 12.5 Å². The summed E-state index contributed by atoms with van der Waals surface area (Å²) < 4.78 is 4.32. The number of hydrogen-bond acceptors (Lipinski definition) is 3. The molecule has 0 aromatic rings. The second kappa shape index (κ2) is 3.87. The maximum absolute atomic E-state index is 10.7. The van der Waals surface area contributed by atoms with Crippen LogP contribution in [0.25, 0.3) is 0 Å². The van der Waals surface area contributed by atoms with Gasteiger partial charge in [-0.2, -0.15) is 0 Å². The molecule has 0 aliphatic carbocycles. The van der Waals surface area contributed by atoms with Gasteiger partial charge in [-0.3, -0.25) is 9.59 Å². The van der Waals surface area contributed by atoms with E-state index in [1.807, 2.05) is 0 Å². The molecule has 0 rings (SSSR count). The molecule has 0 bridgehead atoms. The molecule has 0 N–H and O–H groups in total. The second-order valence-corrected chi connectivity index (χ2v) is 1.95. The zero-order valence-electron chi connectivity index (χ0n) is 6.09. The second-order valence-electron chi connectivity index (χ2n) is 1.95. The lowest BCUT2D eigenvalue weighted by Crippen LogP contribution is -2.27. The van der Waals surface area contributed by atoms with Crippen LogP contribution >= 0.6 is 0 Å². The summed E-state index contributed by atoms with van der Waals surface area (Å²) >= 11 is 0. The average molecular weight is 144 g/mol. The van der Waals surface area contributed by atoms with Gasteiger partial charge in [0.2, 0.25) is 0 Å². The van der Waals surface area contributed by atoms with Crippen molar-refractivity contribution in [1.29, 1.82) is 0 Å². The summed E-state index contributed by atoms with van der Waals surface area (Å²) in [5, 5.41) is 0. The topological polar surface area (TPSA) is 46.6 Å². The number of carbonyl (C=O) groups is 2. The average Bonchev–Trinajstić information content (AvgIpc) is 1.82. The Kier molecular flexibility index (Phi) is 3.46. The monoisotopic (exact) mass is 144 g/mol. The molecular weight excluding hydrogens is 134 g/mol. The van der Waals surface area contributed by atoms with Gasteiger partial charge < -0.3 is 9.64 Å². The molecule has 0 aliphatic heterocycles. The molecule has 4 nitrogen and oxygen atoms in total. The van der Waals surface area contributed by atoms with Gasteiger partial charge in [0.05, 0.1) is 6.92 Å². The van der Waals surface area contributed by atoms with Crippen molar-refractivity contribution in [3.05, 3.63) is 6.92 Å². The van der Waals surface area contributed by atoms with Gasteiger partial charge in [-0.05, 0) is 0 Å². The molecule has 0 unspecified atom stereocenters. The number of esters is 1. The Morgan fingerprint density at radius 3 is 2.30 bits per heavy atom. The van der Waals surface area contributed by atoms with Crippen LogP contribution < -0.4 is 0 Å². The smallest absolute Gasteiger partial charge is 0.306 e. The molecule has 0 heterocycles. The Balaban J connectivity index is 3.50. The van der Waals surface area contributed by atoms with Crippen LogP contribution in [-0.4, -0.2) is 37.5 Å². The molecule has 0 saturated heterocycles. The Morgan fingerprint density at radius 1 is 1.50 bits per heavy atom. The van der Waals surface area contributed by atoms with E-state index < -0.39 is 5.97 Å². The van der Waals surface area contributed by atoms with E-state index in [2.05, 4.69) is 11.7 Å². The normalized spacial score (nSPS) is 8.70. The van der Waals surface area contributed by atoms with Gasteiger partial charge in [-0.25, -0.2) is 0 Å². The first kappa shape index (κ1) is 8.94. The summed E-state index contributed by atoms with van der Waals surface area (Å²) in [6.07, 6.45) is 0. The summed E-state index contributed by atoms with van der Waals surface area (Å²) in [5.74, 6) is -0.938. The van der Waals surface area contributed by atoms with Crippen LogP contribution in [0.15, 0.2) is 0 Å². The Morgan fingerprint density at radius 2 is 2.00 bits per heavy atom. The molecule has 0 aromatic heterocycles. The molecule has 0 atom stereocenters. The van der Waals surface area contributed by atoms with Gasteiger partial charge in [0, 0.05) is 14.1 Å². The maximum atomic E-state index is 10.7. The molecule has 10 heavy (non-hydrogen) atoms. The van der Waals surface area contributed by atoms with Crippen LogP contribution in [0.5, 0.6) is 0 Å². The largest absolute Gasteiger partial charge is 0.456 e. The van der Waals surface area contributed by atoms with Crippen LogP contribution in [0.3, 0.4) is 0 Å². The fraction of sp³-hybridized carbons (Fsp3) is 0.500. The van der Waals surface area contributed by atoms with Crippen molar-refractivity contribution in [3.63, 3.8) is 0 Å². The van der Waals surface area contributed by atoms with Crippen LogP contribution in [0.4, 0.5) is 0 Å². The standard InChI is InChI=1S/C6H10NO3/c1-5(8)10-4-6(9)7(2)3/h1,4H2,2-3H3. The number of amides is 1. The van der Waals surface area contributed by atoms with Crippen molar-refractivity contribution in [3.8, 4) is 0 Å². The first-order chi connectivity index (χ1) is 4.54. The van der Waals surface area contributed by atoms with E-state index in [1.165, 1.54) is 4.90 Å². The Labute approximate surface area is 59.8 Å². The third-order valence-electron chi connectivity index (χ3n) is 0.855. The molecule has 1 amide bonds. The van der Waals surface area contributed by atoms with Gasteiger partial charge in [0.25, 0.3) is 5.91 Å². The van der Waals surface area contributed by atoms with E-state index >= 15 is 0 Å². The van der Waals surface area contributed by atoms with Crippen LogP contribution in [0.2, 0.25) is 0 Å². The first-order valence-corrected chi connectivity index (χ1v) is 2.73. The zero-order chi connectivity index (χ0) is 8.15. The third-order valence-corrected chi connectivity index (χ3v) is 0.855. The quantitative estimate of drug-likeness (QED) is 0.488. The maximum Gasteiger partial charge on any atom is 0.306 e. The molecule has 1 radical (unpaired) electrons. The van der Waals surface area contributed by atoms with E-state index in [4.69, 9.17) is 0 Å². The summed E-state index contributed by atoms with van der Waals surface area (Å²) in [7, 11) is 3.17. The number of carbonyl (C=O) groups excluding carboxylic acids is 2. The van der Waals surface area contributed by atoms with Crippen LogP contribution in [0, 0.1) is 6.92 Å². The Hall–Kier alpha value is -1.06. The van der Waals surface area contributed by atoms with Gasteiger partial charge in [-0.15, -0.1) is 0 Å². The molecule has 0 aliphatic rings. The van der Waals surface area contributed by atoms with Gasteiger partial charge in [-0.1, -0.05) is 0 Å². The van der Waals surface area contributed by atoms with Crippen molar-refractivity contribution in [2.45, 2.75) is 0 Å². The predicted octanol–water partition coefficient (Wildman–Crippen LogP) is -0.548. The summed E-state index contributed by atoms with van der Waals surface area (Å²) in [6.45, 7) is 2.71. The zero-order valence-corrected chi connectivity index (χ0v) is 6.09. The number of hydrogen-bond donors (Lipinski definition) is 0. The summed E-state index contributed by atoms with van der Waals surface area (Å²) in [6, 6.07) is 0. The third kappa shape index (κ3) is 3.88. The number of ether oxygens (including phenoxy) is 1. The van der Waals surface area contributed by atoms with E-state index in [1.54, 1.807) is 14.1 Å². The molecular formula is C6H10NO3. The van der Waals surface area contributed by atoms with E-state index in [9.17, 15) is 9.59 Å². The predicted molar refractivity (Wildman–Crippen MR) is 35.0 cm³/mol. The van der Waals surface area contributed by atoms with Crippen molar-refractivity contribution in [1.82, 2.24) is 4.90 Å². The molecule has 0 spiro atoms. The van der Waals surface area contributed by atoms with Crippen molar-refractivity contribution in [2.24, 2.45) is 0 Å². The van der Waals surface area contributed by atoms with Gasteiger partial charge >= 0.3 is 5.97 Å². The SMILES string of the molecule is [CH2]C(=O)OCC(=O)N(C)C. The molecule has 0 fully saturated rings. The molecule has 57 valence electrons. The van der Waals surface area contributed by atoms with E-state index in [0.717, 1.165) is 0 Å². The summed E-state index contributed by atoms with van der Waals surface area (Å²) in [5.41, 5.74) is 0. The summed E-state index contributed by atoms with van der Waals surface area (Å²) in [4.78, 5) is 22.1. The highest BCUT2D eigenvalue weighted by atomic mass is 16.5. The van der Waals surface area contributed by atoms with Crippen molar-refractivity contribution >= 4 is 11.9 Å². The minimum absolute atomic E-state index is 0.227. The van der Waals surface area contributed by atoms with Crippen molar-refractivity contribution in [2.75, 3.05) is 20.7 Å². The number of rotatable bonds is 2. The number of likely N-dealkylation sites (N-methyl/N-ethyl adjacent to an activating group) is 1. The fourth-order valence-corrected chi connectivity index (χ4v) is 0.271. The van der Waals surface area contributed by atoms with Crippen LogP contribution in [-0.2, 0) is 14.3 Å². The first-order valence-electron chi connectivity index (χ1n) is 2.73. The highest BCUT2D eigenvalue weighted by Crippen LogP contribution is 1.81.